The van der Waals surface area contributed by atoms with Gasteiger partial charge in [-0.05, 0) is 83.3 Å². The molecule has 1 N–H and O–H groups in total. The van der Waals surface area contributed by atoms with Crippen molar-refractivity contribution in [1.29, 1.82) is 0 Å². The summed E-state index contributed by atoms with van der Waals surface area (Å²) in [5.41, 5.74) is 3.98. The molecule has 0 radical (unpaired) electrons. The van der Waals surface area contributed by atoms with Gasteiger partial charge in [-0.1, -0.05) is 12.1 Å². The summed E-state index contributed by atoms with van der Waals surface area (Å²) in [6, 6.07) is 10.6. The molecule has 1 heterocycles. The molecule has 5 nitrogen and oxygen atoms in total. The number of carbonyl (C=O) groups is 1. The van der Waals surface area contributed by atoms with Gasteiger partial charge in [-0.25, -0.2) is 0 Å². The molecule has 3 rings (SSSR count). The molecule has 146 valence electrons. The molecular formula is C22H32N4O. The molecule has 1 saturated carbocycles. The molecule has 1 amide bonds. The second-order valence-electron chi connectivity index (χ2n) is 8.13. The van der Waals surface area contributed by atoms with E-state index in [1.807, 2.05) is 29.8 Å². The van der Waals surface area contributed by atoms with Crippen LogP contribution in [0.25, 0.3) is 0 Å². The lowest BCUT2D eigenvalue weighted by molar-refractivity contribution is 0.0938. The number of hydrogen-bond acceptors (Lipinski definition) is 3. The molecule has 1 fully saturated rings. The van der Waals surface area contributed by atoms with Crippen LogP contribution < -0.4 is 5.32 Å². The number of rotatable bonds is 6. The number of amides is 1. The van der Waals surface area contributed by atoms with Gasteiger partial charge in [0.2, 0.25) is 0 Å². The van der Waals surface area contributed by atoms with E-state index in [1.165, 1.54) is 25.7 Å². The summed E-state index contributed by atoms with van der Waals surface area (Å²) in [7, 11) is 4.32. The smallest absolute Gasteiger partial charge is 0.251 e. The van der Waals surface area contributed by atoms with Crippen LogP contribution in [-0.2, 0) is 6.54 Å². The Labute approximate surface area is 162 Å². The van der Waals surface area contributed by atoms with Gasteiger partial charge in [0.05, 0.1) is 12.2 Å². The van der Waals surface area contributed by atoms with Crippen molar-refractivity contribution in [1.82, 2.24) is 20.0 Å². The molecule has 0 aliphatic heterocycles. The lowest BCUT2D eigenvalue weighted by Crippen LogP contribution is -2.36. The first-order chi connectivity index (χ1) is 12.9. The summed E-state index contributed by atoms with van der Waals surface area (Å²) < 4.78 is 1.98. The van der Waals surface area contributed by atoms with E-state index in [2.05, 4.69) is 48.5 Å². The van der Waals surface area contributed by atoms with Crippen LogP contribution in [0.2, 0.25) is 0 Å². The third-order valence-corrected chi connectivity index (χ3v) is 5.72. The van der Waals surface area contributed by atoms with Gasteiger partial charge in [0.25, 0.3) is 5.91 Å². The lowest BCUT2D eigenvalue weighted by Gasteiger charge is -2.32. The van der Waals surface area contributed by atoms with Gasteiger partial charge in [-0.15, -0.1) is 0 Å². The second-order valence-corrected chi connectivity index (χ2v) is 8.13. The molecule has 1 aromatic heterocycles. The largest absolute Gasteiger partial charge is 0.352 e. The highest BCUT2D eigenvalue weighted by atomic mass is 16.1. The highest BCUT2D eigenvalue weighted by Gasteiger charge is 2.22. The van der Waals surface area contributed by atoms with Crippen molar-refractivity contribution in [3.05, 3.63) is 52.8 Å². The summed E-state index contributed by atoms with van der Waals surface area (Å²) in [6.07, 6.45) is 4.85. The zero-order valence-corrected chi connectivity index (χ0v) is 17.0. The van der Waals surface area contributed by atoms with Crippen molar-refractivity contribution in [3.8, 4) is 0 Å². The molecule has 0 spiro atoms. The fraction of sp³-hybridized carbons (Fsp3) is 0.545. The third kappa shape index (κ3) is 5.19. The van der Waals surface area contributed by atoms with Crippen LogP contribution in [0.1, 0.15) is 53.0 Å². The molecule has 1 aliphatic carbocycles. The van der Waals surface area contributed by atoms with Crippen LogP contribution in [0.5, 0.6) is 0 Å². The summed E-state index contributed by atoms with van der Waals surface area (Å²) in [5.74, 6) is 0.628. The van der Waals surface area contributed by atoms with Gasteiger partial charge in [0.15, 0.2) is 0 Å². The topological polar surface area (TPSA) is 50.2 Å². The van der Waals surface area contributed by atoms with E-state index in [0.717, 1.165) is 29.1 Å². The van der Waals surface area contributed by atoms with Gasteiger partial charge in [0.1, 0.15) is 0 Å². The summed E-state index contributed by atoms with van der Waals surface area (Å²) in [6.45, 7) is 5.52. The first-order valence-electron chi connectivity index (χ1n) is 9.97. The quantitative estimate of drug-likeness (QED) is 0.850. The number of benzene rings is 1. The number of aryl methyl sites for hydroxylation is 2. The van der Waals surface area contributed by atoms with Crippen molar-refractivity contribution < 1.29 is 4.79 Å². The Kier molecular flexibility index (Phi) is 6.32. The van der Waals surface area contributed by atoms with Gasteiger partial charge in [0, 0.05) is 23.8 Å². The molecule has 27 heavy (non-hydrogen) atoms. The van der Waals surface area contributed by atoms with E-state index in [-0.39, 0.29) is 5.91 Å². The maximum absolute atomic E-state index is 12.6. The zero-order chi connectivity index (χ0) is 19.4. The highest BCUT2D eigenvalue weighted by molar-refractivity contribution is 5.94. The second kappa shape index (κ2) is 8.70. The summed E-state index contributed by atoms with van der Waals surface area (Å²) >= 11 is 0. The minimum atomic E-state index is 0.0277. The van der Waals surface area contributed by atoms with E-state index in [1.54, 1.807) is 0 Å². The maximum Gasteiger partial charge on any atom is 0.251 e. The molecule has 1 aromatic carbocycles. The minimum absolute atomic E-state index is 0.0277. The van der Waals surface area contributed by atoms with Gasteiger partial charge < -0.3 is 10.2 Å². The average molecular weight is 369 g/mol. The van der Waals surface area contributed by atoms with E-state index < -0.39 is 0 Å². The van der Waals surface area contributed by atoms with Crippen LogP contribution in [0, 0.1) is 19.8 Å². The van der Waals surface area contributed by atoms with Crippen LogP contribution in [0.15, 0.2) is 30.3 Å². The highest BCUT2D eigenvalue weighted by Crippen LogP contribution is 2.26. The van der Waals surface area contributed by atoms with Crippen LogP contribution in [0.3, 0.4) is 0 Å². The van der Waals surface area contributed by atoms with Crippen LogP contribution >= 0.6 is 0 Å². The Hall–Kier alpha value is -2.14. The number of hydrogen-bond donors (Lipinski definition) is 1. The van der Waals surface area contributed by atoms with E-state index in [0.29, 0.717) is 18.5 Å². The molecule has 1 aliphatic rings. The first kappa shape index (κ1) is 19.6. The SMILES string of the molecule is Cc1cc(C)n(Cc2cccc(C(=O)NCC3CCC(N(C)C)CC3)c2)n1. The lowest BCUT2D eigenvalue weighted by atomic mass is 9.85. The van der Waals surface area contributed by atoms with Gasteiger partial charge in [-0.2, -0.15) is 5.10 Å². The Morgan fingerprint density at radius 1 is 1.19 bits per heavy atom. The number of aromatic nitrogens is 2. The van der Waals surface area contributed by atoms with Crippen molar-refractivity contribution in [2.45, 2.75) is 52.1 Å². The molecule has 0 saturated heterocycles. The van der Waals surface area contributed by atoms with Crippen molar-refractivity contribution >= 4 is 5.91 Å². The molecule has 0 atom stereocenters. The van der Waals surface area contributed by atoms with Crippen molar-refractivity contribution in [3.63, 3.8) is 0 Å². The molecule has 2 aromatic rings. The van der Waals surface area contributed by atoms with E-state index in [4.69, 9.17) is 0 Å². The first-order valence-corrected chi connectivity index (χ1v) is 9.97. The number of nitrogens with zero attached hydrogens (tertiary/aromatic N) is 3. The minimum Gasteiger partial charge on any atom is -0.352 e. The molecule has 5 heteroatoms. The molecular weight excluding hydrogens is 336 g/mol. The fourth-order valence-electron chi connectivity index (χ4n) is 4.02. The monoisotopic (exact) mass is 368 g/mol. The summed E-state index contributed by atoms with van der Waals surface area (Å²) in [5, 5.41) is 7.65. The predicted molar refractivity (Wildman–Crippen MR) is 109 cm³/mol. The number of nitrogens with one attached hydrogen (secondary N) is 1. The van der Waals surface area contributed by atoms with Crippen LogP contribution in [-0.4, -0.2) is 47.3 Å². The number of carbonyl (C=O) groups excluding carboxylic acids is 1. The normalized spacial score (nSPS) is 20.0. The van der Waals surface area contributed by atoms with Gasteiger partial charge >= 0.3 is 0 Å². The molecule has 0 bridgehead atoms. The van der Waals surface area contributed by atoms with E-state index in [9.17, 15) is 4.79 Å². The van der Waals surface area contributed by atoms with E-state index >= 15 is 0 Å². The predicted octanol–water partition coefficient (Wildman–Crippen LogP) is 3.40. The standard InChI is InChI=1S/C22H32N4O/c1-16-12-17(2)26(24-16)15-19-6-5-7-20(13-19)22(27)23-14-18-8-10-21(11-9-18)25(3)4/h5-7,12-13,18,21H,8-11,14-15H2,1-4H3,(H,23,27). The average Bonchev–Trinajstić information content (AvgIpc) is 2.97. The van der Waals surface area contributed by atoms with Crippen LogP contribution in [0.4, 0.5) is 0 Å². The Bertz CT molecular complexity index is 772. The Morgan fingerprint density at radius 3 is 2.56 bits per heavy atom. The maximum atomic E-state index is 12.6. The molecule has 0 unspecified atom stereocenters. The van der Waals surface area contributed by atoms with Gasteiger partial charge in [-0.3, -0.25) is 9.48 Å². The Morgan fingerprint density at radius 2 is 1.93 bits per heavy atom. The fourth-order valence-corrected chi connectivity index (χ4v) is 4.02. The Balaban J connectivity index is 1.54. The summed E-state index contributed by atoms with van der Waals surface area (Å²) in [4.78, 5) is 14.9. The third-order valence-electron chi connectivity index (χ3n) is 5.72. The van der Waals surface area contributed by atoms with Crippen molar-refractivity contribution in [2.75, 3.05) is 20.6 Å². The zero-order valence-electron chi connectivity index (χ0n) is 17.0. The van der Waals surface area contributed by atoms with Crippen molar-refractivity contribution in [2.24, 2.45) is 5.92 Å².